The Morgan fingerprint density at radius 3 is 2.83 bits per heavy atom. The molecule has 2 N–H and O–H groups in total. The van der Waals surface area contributed by atoms with Gasteiger partial charge in [-0.1, -0.05) is 6.08 Å². The van der Waals surface area contributed by atoms with E-state index in [0.29, 0.717) is 18.1 Å². The van der Waals surface area contributed by atoms with Gasteiger partial charge in [0, 0.05) is 45.1 Å². The van der Waals surface area contributed by atoms with E-state index >= 15 is 0 Å². The van der Waals surface area contributed by atoms with Crippen LogP contribution in [0.1, 0.15) is 10.4 Å². The summed E-state index contributed by atoms with van der Waals surface area (Å²) in [5.74, 6) is -0.722. The minimum atomic E-state index is -1.26. The third-order valence-electron chi connectivity index (χ3n) is 3.76. The first-order chi connectivity index (χ1) is 11.1. The summed E-state index contributed by atoms with van der Waals surface area (Å²) in [5.41, 5.74) is -0.444. The average Bonchev–Trinajstić information content (AvgIpc) is 2.57. The first-order valence-electron chi connectivity index (χ1n) is 7.32. The van der Waals surface area contributed by atoms with Crippen molar-refractivity contribution >= 4 is 23.0 Å². The van der Waals surface area contributed by atoms with Crippen LogP contribution in [0.15, 0.2) is 29.8 Å². The van der Waals surface area contributed by atoms with Gasteiger partial charge in [0.1, 0.15) is 11.2 Å². The lowest BCUT2D eigenvalue weighted by molar-refractivity contribution is 0.0695. The fourth-order valence-electron chi connectivity index (χ4n) is 2.61. The maximum atomic E-state index is 12.3. The summed E-state index contributed by atoms with van der Waals surface area (Å²) in [6, 6.07) is 0. The second kappa shape index (κ2) is 6.17. The second-order valence-electron chi connectivity index (χ2n) is 5.26. The molecule has 0 radical (unpaired) electrons. The molecule has 2 aromatic rings. The molecule has 1 fully saturated rings. The molecule has 0 aromatic carbocycles. The highest BCUT2D eigenvalue weighted by molar-refractivity contribution is 5.91. The van der Waals surface area contributed by atoms with E-state index in [1.54, 1.807) is 10.6 Å². The van der Waals surface area contributed by atoms with Gasteiger partial charge in [-0.25, -0.2) is 9.78 Å². The van der Waals surface area contributed by atoms with E-state index in [0.717, 1.165) is 26.2 Å². The molecule has 1 aliphatic rings. The number of aromatic carboxylic acids is 1. The number of carboxylic acids is 1. The van der Waals surface area contributed by atoms with Gasteiger partial charge in [0.2, 0.25) is 11.4 Å². The first kappa shape index (κ1) is 15.2. The largest absolute Gasteiger partial charge is 0.477 e. The van der Waals surface area contributed by atoms with Gasteiger partial charge >= 0.3 is 5.97 Å². The third-order valence-corrected chi connectivity index (χ3v) is 3.76. The Kier molecular flexibility index (Phi) is 4.07. The number of nitrogens with one attached hydrogen (secondary N) is 1. The van der Waals surface area contributed by atoms with E-state index in [1.165, 1.54) is 12.4 Å². The molecule has 0 aliphatic carbocycles. The van der Waals surface area contributed by atoms with Crippen molar-refractivity contribution in [1.82, 2.24) is 19.9 Å². The summed E-state index contributed by atoms with van der Waals surface area (Å²) in [6.45, 7) is 7.28. The molecular formula is C15H17N5O3. The molecule has 0 bridgehead atoms. The van der Waals surface area contributed by atoms with Crippen LogP contribution >= 0.6 is 0 Å². The van der Waals surface area contributed by atoms with Gasteiger partial charge in [-0.3, -0.25) is 4.79 Å². The molecule has 120 valence electrons. The van der Waals surface area contributed by atoms with Gasteiger partial charge < -0.3 is 19.9 Å². The predicted molar refractivity (Wildman–Crippen MR) is 86.0 cm³/mol. The number of carboxylic acid groups (broad SMARTS) is 1. The van der Waals surface area contributed by atoms with Crippen LogP contribution in [-0.4, -0.2) is 51.8 Å². The van der Waals surface area contributed by atoms with Gasteiger partial charge in [0.15, 0.2) is 0 Å². The number of pyridine rings is 1. The number of allylic oxidation sites excluding steroid dienone is 1. The van der Waals surface area contributed by atoms with Gasteiger partial charge in [0.05, 0.1) is 5.39 Å². The van der Waals surface area contributed by atoms with Crippen LogP contribution in [0.25, 0.3) is 11.0 Å². The van der Waals surface area contributed by atoms with Gasteiger partial charge in [-0.2, -0.15) is 4.98 Å². The van der Waals surface area contributed by atoms with Crippen LogP contribution in [0, 0.1) is 0 Å². The number of hydrogen-bond acceptors (Lipinski definition) is 6. The summed E-state index contributed by atoms with van der Waals surface area (Å²) in [7, 11) is 0. The van der Waals surface area contributed by atoms with E-state index in [-0.39, 0.29) is 10.9 Å². The molecule has 1 saturated heterocycles. The van der Waals surface area contributed by atoms with Gasteiger partial charge in [-0.15, -0.1) is 6.58 Å². The molecule has 3 rings (SSSR count). The molecule has 0 amide bonds. The Morgan fingerprint density at radius 2 is 2.17 bits per heavy atom. The fourth-order valence-corrected chi connectivity index (χ4v) is 2.61. The number of anilines is 1. The maximum Gasteiger partial charge on any atom is 0.341 e. The van der Waals surface area contributed by atoms with Crippen LogP contribution in [0.2, 0.25) is 0 Å². The number of fused-ring (bicyclic) bond motifs is 1. The molecule has 3 heterocycles. The van der Waals surface area contributed by atoms with Crippen molar-refractivity contribution in [2.45, 2.75) is 6.54 Å². The fraction of sp³-hybridized carbons (Fsp3) is 0.333. The van der Waals surface area contributed by atoms with Crippen molar-refractivity contribution in [3.63, 3.8) is 0 Å². The molecule has 0 saturated carbocycles. The predicted octanol–water partition coefficient (Wildman–Crippen LogP) is 0.0853. The van der Waals surface area contributed by atoms with Crippen LogP contribution in [0.5, 0.6) is 0 Å². The molecular weight excluding hydrogens is 298 g/mol. The summed E-state index contributed by atoms with van der Waals surface area (Å²) >= 11 is 0. The van der Waals surface area contributed by atoms with E-state index in [4.69, 9.17) is 0 Å². The molecule has 2 aromatic heterocycles. The van der Waals surface area contributed by atoms with Crippen LogP contribution in [-0.2, 0) is 6.54 Å². The Balaban J connectivity index is 2.18. The number of piperazine rings is 1. The summed E-state index contributed by atoms with van der Waals surface area (Å²) in [4.78, 5) is 34.3. The highest BCUT2D eigenvalue weighted by atomic mass is 16.4. The van der Waals surface area contributed by atoms with Crippen LogP contribution in [0.3, 0.4) is 0 Å². The quantitative estimate of drug-likeness (QED) is 0.771. The van der Waals surface area contributed by atoms with Crippen molar-refractivity contribution in [2.24, 2.45) is 0 Å². The minimum Gasteiger partial charge on any atom is -0.477 e. The Bertz CT molecular complexity index is 824. The molecule has 0 atom stereocenters. The van der Waals surface area contributed by atoms with Crippen molar-refractivity contribution < 1.29 is 9.90 Å². The molecule has 23 heavy (non-hydrogen) atoms. The average molecular weight is 315 g/mol. The summed E-state index contributed by atoms with van der Waals surface area (Å²) in [5, 5.41) is 12.6. The van der Waals surface area contributed by atoms with E-state index in [9.17, 15) is 14.7 Å². The molecule has 1 aliphatic heterocycles. The van der Waals surface area contributed by atoms with Gasteiger partial charge in [0.25, 0.3) is 0 Å². The van der Waals surface area contributed by atoms with Crippen molar-refractivity contribution in [3.8, 4) is 0 Å². The van der Waals surface area contributed by atoms with E-state index in [1.807, 2.05) is 4.90 Å². The number of nitrogens with zero attached hydrogens (tertiary/aromatic N) is 4. The first-order valence-corrected chi connectivity index (χ1v) is 7.32. The Hall–Kier alpha value is -2.74. The molecule has 8 heteroatoms. The van der Waals surface area contributed by atoms with Crippen molar-refractivity contribution in [3.05, 3.63) is 40.8 Å². The number of hydrogen-bond donors (Lipinski definition) is 2. The zero-order valence-corrected chi connectivity index (χ0v) is 12.5. The summed E-state index contributed by atoms with van der Waals surface area (Å²) < 4.78 is 1.61. The lowest BCUT2D eigenvalue weighted by Crippen LogP contribution is -2.44. The second-order valence-corrected chi connectivity index (χ2v) is 5.26. The number of rotatable bonds is 4. The van der Waals surface area contributed by atoms with Crippen molar-refractivity contribution in [1.29, 1.82) is 0 Å². The van der Waals surface area contributed by atoms with Crippen molar-refractivity contribution in [2.75, 3.05) is 31.1 Å². The highest BCUT2D eigenvalue weighted by Gasteiger charge is 2.18. The number of carbonyl (C=O) groups is 1. The summed E-state index contributed by atoms with van der Waals surface area (Å²) in [6.07, 6.45) is 4.35. The monoisotopic (exact) mass is 315 g/mol. The standard InChI is InChI=1S/C15H17N5O3/c1-2-5-20-9-11(14(22)23)12(21)10-8-17-15(18-13(10)20)19-6-3-16-4-7-19/h2,8-9,16H,1,3-7H2,(H,22,23). The lowest BCUT2D eigenvalue weighted by Gasteiger charge is -2.27. The highest BCUT2D eigenvalue weighted by Crippen LogP contribution is 2.15. The minimum absolute atomic E-state index is 0.200. The van der Waals surface area contributed by atoms with Crippen LogP contribution < -0.4 is 15.6 Å². The molecule has 8 nitrogen and oxygen atoms in total. The normalized spacial score (nSPS) is 14.9. The smallest absolute Gasteiger partial charge is 0.341 e. The van der Waals surface area contributed by atoms with E-state index in [2.05, 4.69) is 21.9 Å². The SMILES string of the molecule is C=CCn1cc(C(=O)O)c(=O)c2cnc(N3CCNCC3)nc21. The maximum absolute atomic E-state index is 12.3. The lowest BCUT2D eigenvalue weighted by atomic mass is 10.2. The zero-order chi connectivity index (χ0) is 16.4. The molecule has 0 spiro atoms. The van der Waals surface area contributed by atoms with Gasteiger partial charge in [-0.05, 0) is 0 Å². The van der Waals surface area contributed by atoms with Crippen LogP contribution in [0.4, 0.5) is 5.95 Å². The Labute approximate surface area is 132 Å². The molecule has 0 unspecified atom stereocenters. The Morgan fingerprint density at radius 1 is 1.43 bits per heavy atom. The third kappa shape index (κ3) is 2.80. The topological polar surface area (TPSA) is 100 Å². The number of aromatic nitrogens is 3. The zero-order valence-electron chi connectivity index (χ0n) is 12.5. The van der Waals surface area contributed by atoms with E-state index < -0.39 is 11.4 Å².